The summed E-state index contributed by atoms with van der Waals surface area (Å²) < 4.78 is 0.958. The minimum atomic E-state index is -0.294. The topological polar surface area (TPSA) is 58.2 Å². The van der Waals surface area contributed by atoms with Gasteiger partial charge in [0.05, 0.1) is 0 Å². The zero-order valence-corrected chi connectivity index (χ0v) is 13.7. The number of hydrogen-bond acceptors (Lipinski definition) is 2. The van der Waals surface area contributed by atoms with Crippen molar-refractivity contribution in [2.45, 2.75) is 33.6 Å². The fourth-order valence-electron chi connectivity index (χ4n) is 1.67. The van der Waals surface area contributed by atoms with Crippen LogP contribution in [0.1, 0.15) is 32.3 Å². The summed E-state index contributed by atoms with van der Waals surface area (Å²) in [6.07, 6.45) is 0.771. The highest BCUT2D eigenvalue weighted by molar-refractivity contribution is 9.10. The summed E-state index contributed by atoms with van der Waals surface area (Å²) in [7, 11) is 0. The fraction of sp³-hybridized carbons (Fsp3) is 0.467. The lowest BCUT2D eigenvalue weighted by Crippen LogP contribution is -2.29. The maximum atomic E-state index is 11.8. The van der Waals surface area contributed by atoms with Gasteiger partial charge in [0.25, 0.3) is 0 Å². The first-order chi connectivity index (χ1) is 9.38. The van der Waals surface area contributed by atoms with Gasteiger partial charge in [0, 0.05) is 16.7 Å². The van der Waals surface area contributed by atoms with Crippen molar-refractivity contribution in [2.75, 3.05) is 11.9 Å². The zero-order chi connectivity index (χ0) is 15.1. The van der Waals surface area contributed by atoms with Gasteiger partial charge in [0.1, 0.15) is 6.42 Å². The lowest BCUT2D eigenvalue weighted by atomic mass is 10.1. The fourth-order valence-corrected chi connectivity index (χ4v) is 2.15. The summed E-state index contributed by atoms with van der Waals surface area (Å²) in [5, 5.41) is 5.49. The van der Waals surface area contributed by atoms with E-state index in [4.69, 9.17) is 0 Å². The lowest BCUT2D eigenvalue weighted by molar-refractivity contribution is -0.126. The molecule has 0 heterocycles. The van der Waals surface area contributed by atoms with Crippen LogP contribution >= 0.6 is 15.9 Å². The van der Waals surface area contributed by atoms with E-state index in [0.717, 1.165) is 22.1 Å². The molecule has 2 N–H and O–H groups in total. The minimum absolute atomic E-state index is 0.145. The Labute approximate surface area is 128 Å². The van der Waals surface area contributed by atoms with E-state index in [1.807, 2.05) is 25.1 Å². The highest BCUT2D eigenvalue weighted by Crippen LogP contribution is 2.20. The van der Waals surface area contributed by atoms with Crippen molar-refractivity contribution in [3.05, 3.63) is 28.2 Å². The maximum absolute atomic E-state index is 11.8. The maximum Gasteiger partial charge on any atom is 0.233 e. The van der Waals surface area contributed by atoms with Gasteiger partial charge in [0.2, 0.25) is 11.8 Å². The molecule has 0 saturated heterocycles. The van der Waals surface area contributed by atoms with Crippen LogP contribution in [0.5, 0.6) is 0 Å². The van der Waals surface area contributed by atoms with Crippen LogP contribution in [0.25, 0.3) is 0 Å². The summed E-state index contributed by atoms with van der Waals surface area (Å²) in [6, 6.07) is 5.58. The van der Waals surface area contributed by atoms with Crippen LogP contribution in [0.15, 0.2) is 22.7 Å². The van der Waals surface area contributed by atoms with Crippen LogP contribution in [0.4, 0.5) is 5.69 Å². The third kappa shape index (κ3) is 6.19. The van der Waals surface area contributed by atoms with Crippen molar-refractivity contribution in [1.82, 2.24) is 5.32 Å². The number of rotatable bonds is 6. The smallest absolute Gasteiger partial charge is 0.233 e. The second-order valence-corrected chi connectivity index (χ2v) is 6.13. The van der Waals surface area contributed by atoms with E-state index in [9.17, 15) is 9.59 Å². The van der Waals surface area contributed by atoms with Crippen molar-refractivity contribution in [1.29, 1.82) is 0 Å². The quantitative estimate of drug-likeness (QED) is 0.781. The molecule has 110 valence electrons. The number of nitrogens with one attached hydrogen (secondary N) is 2. The first-order valence-electron chi connectivity index (χ1n) is 6.71. The van der Waals surface area contributed by atoms with Gasteiger partial charge in [-0.3, -0.25) is 9.59 Å². The van der Waals surface area contributed by atoms with E-state index in [1.54, 1.807) is 0 Å². The summed E-state index contributed by atoms with van der Waals surface area (Å²) in [5.74, 6) is 0.00456. The predicted octanol–water partition coefficient (Wildman–Crippen LogP) is 3.25. The van der Waals surface area contributed by atoms with Crippen molar-refractivity contribution in [3.8, 4) is 0 Å². The molecule has 0 bridgehead atoms. The molecule has 5 heteroatoms. The summed E-state index contributed by atoms with van der Waals surface area (Å²) in [5.41, 5.74) is 1.68. The molecule has 0 aliphatic carbocycles. The lowest BCUT2D eigenvalue weighted by Gasteiger charge is -2.09. The zero-order valence-electron chi connectivity index (χ0n) is 12.1. The number of aryl methyl sites for hydroxylation is 1. The minimum Gasteiger partial charge on any atom is -0.356 e. The Morgan fingerprint density at radius 2 is 1.95 bits per heavy atom. The molecule has 4 nitrogen and oxygen atoms in total. The van der Waals surface area contributed by atoms with Crippen molar-refractivity contribution in [2.24, 2.45) is 5.92 Å². The number of hydrogen-bond donors (Lipinski definition) is 2. The number of anilines is 1. The molecule has 0 saturated carbocycles. The van der Waals surface area contributed by atoms with Crippen molar-refractivity contribution in [3.63, 3.8) is 0 Å². The van der Waals surface area contributed by atoms with Gasteiger partial charge in [-0.2, -0.15) is 0 Å². The molecule has 0 atom stereocenters. The average Bonchev–Trinajstić information content (AvgIpc) is 2.32. The Bertz CT molecular complexity index is 487. The third-order valence-corrected chi connectivity index (χ3v) is 3.32. The van der Waals surface area contributed by atoms with Gasteiger partial charge < -0.3 is 10.6 Å². The first kappa shape index (κ1) is 16.7. The van der Waals surface area contributed by atoms with Gasteiger partial charge >= 0.3 is 0 Å². The number of amides is 2. The molecule has 0 aliphatic heterocycles. The summed E-state index contributed by atoms with van der Waals surface area (Å²) in [4.78, 5) is 23.4. The van der Waals surface area contributed by atoms with Gasteiger partial charge in [-0.1, -0.05) is 29.8 Å². The van der Waals surface area contributed by atoms with Crippen LogP contribution in [-0.2, 0) is 9.59 Å². The van der Waals surface area contributed by atoms with E-state index in [0.29, 0.717) is 12.5 Å². The van der Waals surface area contributed by atoms with E-state index >= 15 is 0 Å². The molecule has 0 fully saturated rings. The molecule has 0 aliphatic rings. The molecular weight excluding hydrogens is 320 g/mol. The summed E-state index contributed by atoms with van der Waals surface area (Å²) >= 11 is 3.37. The van der Waals surface area contributed by atoms with Crippen LogP contribution in [-0.4, -0.2) is 18.4 Å². The van der Waals surface area contributed by atoms with Crippen molar-refractivity contribution >= 4 is 33.4 Å². The molecule has 0 aromatic heterocycles. The van der Waals surface area contributed by atoms with Gasteiger partial charge in [0.15, 0.2) is 0 Å². The molecular formula is C15H21BrN2O2. The average molecular weight is 341 g/mol. The SMILES string of the molecule is Cc1cc(Br)ccc1NC(=O)CC(=O)NCCC(C)C. The number of carbonyl (C=O) groups excluding carboxylic acids is 2. The Kier molecular flexibility index (Phi) is 6.71. The van der Waals surface area contributed by atoms with Gasteiger partial charge in [-0.05, 0) is 43.0 Å². The van der Waals surface area contributed by atoms with E-state index < -0.39 is 0 Å². The van der Waals surface area contributed by atoms with Crippen LogP contribution in [0.2, 0.25) is 0 Å². The molecule has 0 unspecified atom stereocenters. The van der Waals surface area contributed by atoms with Crippen LogP contribution < -0.4 is 10.6 Å². The molecule has 1 aromatic rings. The molecule has 1 aromatic carbocycles. The Hall–Kier alpha value is -1.36. The van der Waals surface area contributed by atoms with E-state index in [-0.39, 0.29) is 18.2 Å². The first-order valence-corrected chi connectivity index (χ1v) is 7.50. The predicted molar refractivity (Wildman–Crippen MR) is 84.6 cm³/mol. The second-order valence-electron chi connectivity index (χ2n) is 5.22. The third-order valence-electron chi connectivity index (χ3n) is 2.83. The normalized spacial score (nSPS) is 10.4. The number of carbonyl (C=O) groups is 2. The van der Waals surface area contributed by atoms with Gasteiger partial charge in [-0.25, -0.2) is 0 Å². The highest BCUT2D eigenvalue weighted by atomic mass is 79.9. The molecule has 20 heavy (non-hydrogen) atoms. The molecule has 0 radical (unpaired) electrons. The number of benzene rings is 1. The summed E-state index contributed by atoms with van der Waals surface area (Å²) in [6.45, 7) is 6.70. The number of halogens is 1. The van der Waals surface area contributed by atoms with E-state index in [1.165, 1.54) is 0 Å². The van der Waals surface area contributed by atoms with Crippen LogP contribution in [0, 0.1) is 12.8 Å². The Morgan fingerprint density at radius 3 is 2.55 bits per heavy atom. The van der Waals surface area contributed by atoms with Crippen LogP contribution in [0.3, 0.4) is 0 Å². The van der Waals surface area contributed by atoms with Gasteiger partial charge in [-0.15, -0.1) is 0 Å². The molecule has 2 amide bonds. The van der Waals surface area contributed by atoms with Crippen molar-refractivity contribution < 1.29 is 9.59 Å². The Morgan fingerprint density at radius 1 is 1.25 bits per heavy atom. The second kappa shape index (κ2) is 8.04. The standard InChI is InChI=1S/C15H21BrN2O2/c1-10(2)6-7-17-14(19)9-15(20)18-13-5-4-12(16)8-11(13)3/h4-5,8,10H,6-7,9H2,1-3H3,(H,17,19)(H,18,20). The van der Waals surface area contributed by atoms with E-state index in [2.05, 4.69) is 40.4 Å². The highest BCUT2D eigenvalue weighted by Gasteiger charge is 2.10. The Balaban J connectivity index is 2.41. The molecule has 1 rings (SSSR count). The largest absolute Gasteiger partial charge is 0.356 e. The molecule has 0 spiro atoms. The monoisotopic (exact) mass is 340 g/mol.